The number of aliphatic hydroxyl groups excluding tert-OH is 1. The Labute approximate surface area is 228 Å². The van der Waals surface area contributed by atoms with Crippen molar-refractivity contribution in [2.75, 3.05) is 58.9 Å². The molecule has 0 aliphatic carbocycles. The molecule has 3 heterocycles. The third kappa shape index (κ3) is 7.71. The summed E-state index contributed by atoms with van der Waals surface area (Å²) in [4.78, 5) is 22.2. The lowest BCUT2D eigenvalue weighted by atomic mass is 10.00. The predicted octanol–water partition coefficient (Wildman–Crippen LogP) is 2.51. The van der Waals surface area contributed by atoms with Crippen LogP contribution in [0.15, 0.2) is 54.6 Å². The number of aliphatic hydroxyl groups is 1. The van der Waals surface area contributed by atoms with E-state index in [0.717, 1.165) is 78.2 Å². The fraction of sp³-hybridized carbons (Fsp3) is 0.552. The molecule has 0 bridgehead atoms. The summed E-state index contributed by atoms with van der Waals surface area (Å²) >= 11 is 0. The first kappa shape index (κ1) is 27.9. The molecule has 37 heavy (non-hydrogen) atoms. The van der Waals surface area contributed by atoms with Crippen molar-refractivity contribution in [1.82, 2.24) is 24.9 Å². The number of nitrogens with one attached hydrogen (secondary N) is 1. The minimum absolute atomic E-state index is 0. The number of benzene rings is 2. The lowest BCUT2D eigenvalue weighted by Gasteiger charge is -2.43. The Morgan fingerprint density at radius 2 is 1.65 bits per heavy atom. The smallest absolute Gasteiger partial charge is 0.317 e. The number of hydrogen-bond acceptors (Lipinski definition) is 5. The average Bonchev–Trinajstić information content (AvgIpc) is 2.93. The quantitative estimate of drug-likeness (QED) is 0.582. The molecule has 0 aromatic heterocycles. The normalized spacial score (nSPS) is 22.1. The molecule has 2 aromatic rings. The lowest BCUT2D eigenvalue weighted by Crippen LogP contribution is -2.57. The fourth-order valence-corrected chi connectivity index (χ4v) is 5.95. The number of rotatable bonds is 7. The number of hydrogen-bond donors (Lipinski definition) is 2. The van der Waals surface area contributed by atoms with Gasteiger partial charge in [0.1, 0.15) is 0 Å². The summed E-state index contributed by atoms with van der Waals surface area (Å²) in [6.07, 6.45) is 2.65. The molecule has 202 valence electrons. The van der Waals surface area contributed by atoms with E-state index < -0.39 is 6.10 Å². The van der Waals surface area contributed by atoms with Gasteiger partial charge in [-0.2, -0.15) is 13.5 Å². The molecule has 2 fully saturated rings. The van der Waals surface area contributed by atoms with Crippen molar-refractivity contribution in [2.24, 2.45) is 0 Å². The highest BCUT2D eigenvalue weighted by Crippen LogP contribution is 2.20. The highest BCUT2D eigenvalue weighted by atomic mass is 32.1. The van der Waals surface area contributed by atoms with Crippen LogP contribution in [0, 0.1) is 0 Å². The van der Waals surface area contributed by atoms with Crippen molar-refractivity contribution in [3.8, 4) is 0 Å². The highest BCUT2D eigenvalue weighted by molar-refractivity contribution is 7.59. The van der Waals surface area contributed by atoms with Gasteiger partial charge in [-0.3, -0.25) is 14.7 Å². The van der Waals surface area contributed by atoms with E-state index in [1.807, 2.05) is 4.90 Å². The monoisotopic (exact) mass is 525 g/mol. The van der Waals surface area contributed by atoms with Crippen molar-refractivity contribution in [3.05, 3.63) is 71.3 Å². The van der Waals surface area contributed by atoms with Gasteiger partial charge in [-0.1, -0.05) is 54.6 Å². The molecule has 0 saturated carbocycles. The number of nitrogens with zero attached hydrogens (tertiary/aromatic N) is 4. The number of likely N-dealkylation sites (tertiary alicyclic amines) is 1. The lowest BCUT2D eigenvalue weighted by molar-refractivity contribution is 0.0568. The predicted molar refractivity (Wildman–Crippen MR) is 153 cm³/mol. The Bertz CT molecular complexity index is 985. The third-order valence-corrected chi connectivity index (χ3v) is 8.02. The maximum absolute atomic E-state index is 12.9. The minimum Gasteiger partial charge on any atom is -0.390 e. The van der Waals surface area contributed by atoms with Crippen LogP contribution in [0.1, 0.15) is 29.5 Å². The Hall–Kier alpha value is -2.10. The number of fused-ring (bicyclic) bond motifs is 1. The van der Waals surface area contributed by atoms with Gasteiger partial charge in [0.05, 0.1) is 6.10 Å². The second kappa shape index (κ2) is 13.6. The van der Waals surface area contributed by atoms with E-state index in [-0.39, 0.29) is 19.5 Å². The molecule has 3 aliphatic rings. The first-order valence-corrected chi connectivity index (χ1v) is 13.6. The van der Waals surface area contributed by atoms with Gasteiger partial charge < -0.3 is 15.3 Å². The minimum atomic E-state index is -0.558. The van der Waals surface area contributed by atoms with E-state index in [1.54, 1.807) is 0 Å². The summed E-state index contributed by atoms with van der Waals surface area (Å²) in [7, 11) is 0. The summed E-state index contributed by atoms with van der Waals surface area (Å²) < 4.78 is 0. The Kier molecular flexibility index (Phi) is 10.3. The van der Waals surface area contributed by atoms with Crippen molar-refractivity contribution < 1.29 is 9.90 Å². The summed E-state index contributed by atoms with van der Waals surface area (Å²) in [6, 6.07) is 19.6. The topological polar surface area (TPSA) is 62.3 Å². The summed E-state index contributed by atoms with van der Waals surface area (Å²) in [6.45, 7) is 9.58. The van der Waals surface area contributed by atoms with Gasteiger partial charge in [0.25, 0.3) is 0 Å². The maximum atomic E-state index is 12.9. The number of β-amino-alcohol motifs (C(OH)–C–C–N with tert-alkyl or cyclic N) is 1. The van der Waals surface area contributed by atoms with Crippen molar-refractivity contribution in [2.45, 2.75) is 44.5 Å². The van der Waals surface area contributed by atoms with E-state index in [1.165, 1.54) is 16.7 Å². The van der Waals surface area contributed by atoms with Gasteiger partial charge in [0.2, 0.25) is 0 Å². The largest absolute Gasteiger partial charge is 0.390 e. The number of amides is 2. The van der Waals surface area contributed by atoms with Crippen molar-refractivity contribution in [3.63, 3.8) is 0 Å². The van der Waals surface area contributed by atoms with E-state index in [0.29, 0.717) is 19.1 Å². The molecule has 0 spiro atoms. The van der Waals surface area contributed by atoms with Crippen molar-refractivity contribution in [1.29, 1.82) is 0 Å². The maximum Gasteiger partial charge on any atom is 0.317 e. The SMILES string of the molecule is O=C(NC[C@H](O)CN1CCc2ccccc2C1)N1CCCC(N2CCN(Cc3ccccc3)CC2)C1.S. The number of piperidine rings is 1. The van der Waals surface area contributed by atoms with Crippen LogP contribution in [0.25, 0.3) is 0 Å². The standard InChI is InChI=1S/C29H41N5O2.H2S/c35-28(23-32-14-12-25-9-4-5-10-26(25)21-32)19-30-29(36)34-13-6-11-27(22-34)33-17-15-31(16-18-33)20-24-7-2-1-3-8-24;/h1-5,7-10,27-28,35H,6,11-23H2,(H,30,36);1H2/t27?,28-;/m0./s1. The van der Waals surface area contributed by atoms with Gasteiger partial charge >= 0.3 is 6.03 Å². The summed E-state index contributed by atoms with van der Waals surface area (Å²) in [5, 5.41) is 13.6. The zero-order valence-electron chi connectivity index (χ0n) is 21.9. The third-order valence-electron chi connectivity index (χ3n) is 8.02. The Balaban J connectivity index is 0.00000320. The Morgan fingerprint density at radius 3 is 2.43 bits per heavy atom. The van der Waals surface area contributed by atoms with Crippen LogP contribution >= 0.6 is 13.5 Å². The van der Waals surface area contributed by atoms with Crippen LogP contribution in [0.4, 0.5) is 4.79 Å². The van der Waals surface area contributed by atoms with Gasteiger partial charge in [-0.15, -0.1) is 0 Å². The van der Waals surface area contributed by atoms with Crippen LogP contribution in [-0.2, 0) is 19.5 Å². The molecule has 8 heteroatoms. The van der Waals surface area contributed by atoms with E-state index in [4.69, 9.17) is 0 Å². The fourth-order valence-electron chi connectivity index (χ4n) is 5.95. The van der Waals surface area contributed by atoms with Crippen LogP contribution < -0.4 is 5.32 Å². The number of piperazine rings is 1. The van der Waals surface area contributed by atoms with Crippen LogP contribution in [-0.4, -0.2) is 102 Å². The number of carbonyl (C=O) groups is 1. The first-order chi connectivity index (χ1) is 17.6. The van der Waals surface area contributed by atoms with Crippen molar-refractivity contribution >= 4 is 19.5 Å². The highest BCUT2D eigenvalue weighted by Gasteiger charge is 2.30. The molecule has 7 nitrogen and oxygen atoms in total. The van der Waals surface area contributed by atoms with E-state index in [2.05, 4.69) is 74.6 Å². The zero-order chi connectivity index (χ0) is 24.7. The van der Waals surface area contributed by atoms with Gasteiger partial charge in [-0.05, 0) is 36.0 Å². The summed E-state index contributed by atoms with van der Waals surface area (Å²) in [5.41, 5.74) is 4.13. The summed E-state index contributed by atoms with van der Waals surface area (Å²) in [5.74, 6) is 0. The average molecular weight is 526 g/mol. The molecule has 0 radical (unpaired) electrons. The molecule has 5 rings (SSSR count). The van der Waals surface area contributed by atoms with Gasteiger partial charge in [0.15, 0.2) is 0 Å². The number of carbonyl (C=O) groups excluding carboxylic acids is 1. The molecule has 2 N–H and O–H groups in total. The molecule has 2 atom stereocenters. The molecule has 2 amide bonds. The first-order valence-electron chi connectivity index (χ1n) is 13.6. The van der Waals surface area contributed by atoms with Crippen LogP contribution in [0.5, 0.6) is 0 Å². The van der Waals surface area contributed by atoms with Gasteiger partial charge in [0, 0.05) is 78.0 Å². The second-order valence-electron chi connectivity index (χ2n) is 10.6. The van der Waals surface area contributed by atoms with E-state index in [9.17, 15) is 9.90 Å². The molecular weight excluding hydrogens is 482 g/mol. The van der Waals surface area contributed by atoms with Crippen LogP contribution in [0.2, 0.25) is 0 Å². The zero-order valence-corrected chi connectivity index (χ0v) is 22.9. The van der Waals surface area contributed by atoms with Crippen LogP contribution in [0.3, 0.4) is 0 Å². The molecule has 2 saturated heterocycles. The molecular formula is C29H43N5O2S. The number of urea groups is 1. The Morgan fingerprint density at radius 1 is 0.919 bits per heavy atom. The molecule has 1 unspecified atom stereocenters. The second-order valence-corrected chi connectivity index (χ2v) is 10.6. The molecule has 2 aromatic carbocycles. The van der Waals surface area contributed by atoms with Gasteiger partial charge in [-0.25, -0.2) is 4.79 Å². The molecule has 3 aliphatic heterocycles. The van der Waals surface area contributed by atoms with E-state index >= 15 is 0 Å².